The van der Waals surface area contributed by atoms with Crippen LogP contribution in [0.5, 0.6) is 0 Å². The topological polar surface area (TPSA) is 108 Å². The smallest absolute Gasteiger partial charge is 0.323 e. The van der Waals surface area contributed by atoms with Crippen molar-refractivity contribution in [1.82, 2.24) is 15.5 Å². The maximum atomic E-state index is 12.0. The van der Waals surface area contributed by atoms with E-state index in [9.17, 15) is 14.4 Å². The summed E-state index contributed by atoms with van der Waals surface area (Å²) < 4.78 is 4.80. The second kappa shape index (κ2) is 9.98. The van der Waals surface area contributed by atoms with Crippen molar-refractivity contribution in [3.8, 4) is 0 Å². The van der Waals surface area contributed by atoms with Gasteiger partial charge in [0.05, 0.1) is 6.61 Å². The van der Waals surface area contributed by atoms with Gasteiger partial charge in [-0.3, -0.25) is 9.59 Å². The van der Waals surface area contributed by atoms with E-state index in [1.54, 1.807) is 0 Å². The van der Waals surface area contributed by atoms with E-state index in [0.29, 0.717) is 19.7 Å². The van der Waals surface area contributed by atoms with Crippen LogP contribution in [0.25, 0.3) is 0 Å². The summed E-state index contributed by atoms with van der Waals surface area (Å²) in [6.07, 6.45) is 0. The van der Waals surface area contributed by atoms with Crippen LogP contribution in [0, 0.1) is 5.92 Å². The highest BCUT2D eigenvalue weighted by Crippen LogP contribution is 2.00. The quantitative estimate of drug-likeness (QED) is 0.515. The lowest BCUT2D eigenvalue weighted by molar-refractivity contribution is -0.137. The van der Waals surface area contributed by atoms with E-state index < -0.39 is 24.6 Å². The Kier molecular flexibility index (Phi) is 9.11. The fraction of sp³-hybridized carbons (Fsp3) is 0.769. The Morgan fingerprint density at radius 2 is 1.86 bits per heavy atom. The minimum absolute atomic E-state index is 0.126. The molecule has 8 nitrogen and oxygen atoms in total. The first-order valence-corrected chi connectivity index (χ1v) is 6.81. The minimum atomic E-state index is -1.09. The summed E-state index contributed by atoms with van der Waals surface area (Å²) in [4.78, 5) is 35.7. The number of carboxylic acid groups (broad SMARTS) is 1. The summed E-state index contributed by atoms with van der Waals surface area (Å²) in [5.74, 6) is -1.32. The fourth-order valence-corrected chi connectivity index (χ4v) is 1.59. The molecule has 3 amide bonds. The third-order valence-corrected chi connectivity index (χ3v) is 2.54. The molecule has 0 aliphatic carbocycles. The highest BCUT2D eigenvalue weighted by Gasteiger charge is 2.22. The summed E-state index contributed by atoms with van der Waals surface area (Å²) >= 11 is 0. The van der Waals surface area contributed by atoms with E-state index in [1.807, 2.05) is 13.8 Å². The average Bonchev–Trinajstić information content (AvgIpc) is 2.36. The number of urea groups is 1. The number of carbonyl (C=O) groups excluding carboxylic acids is 2. The molecule has 0 spiro atoms. The van der Waals surface area contributed by atoms with Crippen LogP contribution < -0.4 is 10.6 Å². The van der Waals surface area contributed by atoms with Crippen LogP contribution in [0.4, 0.5) is 4.79 Å². The van der Waals surface area contributed by atoms with Crippen LogP contribution in [0.1, 0.15) is 20.8 Å². The zero-order valence-electron chi connectivity index (χ0n) is 13.0. The van der Waals surface area contributed by atoms with Crippen molar-refractivity contribution < 1.29 is 24.2 Å². The van der Waals surface area contributed by atoms with E-state index in [4.69, 9.17) is 9.84 Å². The van der Waals surface area contributed by atoms with Crippen molar-refractivity contribution in [1.29, 1.82) is 0 Å². The van der Waals surface area contributed by atoms with Gasteiger partial charge >= 0.3 is 12.0 Å². The molecular formula is C13H25N3O5. The van der Waals surface area contributed by atoms with Crippen molar-refractivity contribution in [2.24, 2.45) is 5.92 Å². The zero-order chi connectivity index (χ0) is 16.4. The summed E-state index contributed by atoms with van der Waals surface area (Å²) in [6.45, 7) is 5.92. The number of ether oxygens (including phenoxy) is 1. The number of methoxy groups -OCH3 is 1. The van der Waals surface area contributed by atoms with Gasteiger partial charge in [-0.15, -0.1) is 0 Å². The van der Waals surface area contributed by atoms with E-state index >= 15 is 0 Å². The normalized spacial score (nSPS) is 11.9. The molecule has 0 bridgehead atoms. The Morgan fingerprint density at radius 3 is 2.33 bits per heavy atom. The average molecular weight is 303 g/mol. The Bertz CT molecular complexity index is 360. The first-order chi connectivity index (χ1) is 9.77. The maximum Gasteiger partial charge on any atom is 0.323 e. The SMILES string of the molecule is COCCNC(=O)C(C)NC(=O)N(CC(=O)O)CC(C)C. The number of hydrogen-bond acceptors (Lipinski definition) is 4. The lowest BCUT2D eigenvalue weighted by Crippen LogP contribution is -2.51. The predicted molar refractivity (Wildman–Crippen MR) is 76.9 cm³/mol. The van der Waals surface area contributed by atoms with E-state index in [2.05, 4.69) is 10.6 Å². The molecule has 0 aliphatic heterocycles. The van der Waals surface area contributed by atoms with Crippen LogP contribution >= 0.6 is 0 Å². The van der Waals surface area contributed by atoms with Crippen molar-refractivity contribution in [2.45, 2.75) is 26.8 Å². The van der Waals surface area contributed by atoms with Gasteiger partial charge in [0.1, 0.15) is 12.6 Å². The lowest BCUT2D eigenvalue weighted by Gasteiger charge is -2.25. The number of rotatable bonds is 9. The van der Waals surface area contributed by atoms with Crippen LogP contribution in [-0.2, 0) is 14.3 Å². The minimum Gasteiger partial charge on any atom is -0.480 e. The van der Waals surface area contributed by atoms with E-state index in [1.165, 1.54) is 18.9 Å². The van der Waals surface area contributed by atoms with Gasteiger partial charge in [0.15, 0.2) is 0 Å². The Balaban J connectivity index is 4.44. The highest BCUT2D eigenvalue weighted by atomic mass is 16.5. The van der Waals surface area contributed by atoms with Crippen molar-refractivity contribution in [3.05, 3.63) is 0 Å². The molecule has 21 heavy (non-hydrogen) atoms. The molecular weight excluding hydrogens is 278 g/mol. The number of carboxylic acids is 1. The molecule has 0 heterocycles. The van der Waals surface area contributed by atoms with Gasteiger partial charge < -0.3 is 25.4 Å². The molecule has 122 valence electrons. The van der Waals surface area contributed by atoms with Crippen LogP contribution in [0.3, 0.4) is 0 Å². The fourth-order valence-electron chi connectivity index (χ4n) is 1.59. The number of amides is 3. The molecule has 0 fully saturated rings. The molecule has 0 saturated heterocycles. The number of aliphatic carboxylic acids is 1. The second-order valence-electron chi connectivity index (χ2n) is 5.12. The van der Waals surface area contributed by atoms with Crippen molar-refractivity contribution >= 4 is 17.9 Å². The molecule has 8 heteroatoms. The third kappa shape index (κ3) is 8.85. The molecule has 3 N–H and O–H groups in total. The van der Waals surface area contributed by atoms with Gasteiger partial charge in [-0.2, -0.15) is 0 Å². The van der Waals surface area contributed by atoms with Crippen LogP contribution in [0.2, 0.25) is 0 Å². The van der Waals surface area contributed by atoms with Crippen molar-refractivity contribution in [2.75, 3.05) is 33.4 Å². The van der Waals surface area contributed by atoms with Gasteiger partial charge in [-0.25, -0.2) is 4.79 Å². The molecule has 0 aliphatic rings. The number of hydrogen-bond donors (Lipinski definition) is 3. The number of carbonyl (C=O) groups is 3. The molecule has 0 aromatic rings. The molecule has 0 radical (unpaired) electrons. The molecule has 1 unspecified atom stereocenters. The second-order valence-corrected chi connectivity index (χ2v) is 5.12. The lowest BCUT2D eigenvalue weighted by atomic mass is 10.2. The molecule has 0 aromatic heterocycles. The summed E-state index contributed by atoms with van der Waals surface area (Å²) in [5, 5.41) is 13.9. The summed E-state index contributed by atoms with van der Waals surface area (Å²) in [7, 11) is 1.52. The van der Waals surface area contributed by atoms with E-state index in [0.717, 1.165) is 0 Å². The molecule has 0 aromatic carbocycles. The maximum absolute atomic E-state index is 12.0. The van der Waals surface area contributed by atoms with Gasteiger partial charge in [-0.05, 0) is 12.8 Å². The van der Waals surface area contributed by atoms with E-state index in [-0.39, 0.29) is 11.8 Å². The predicted octanol–water partition coefficient (Wildman–Crippen LogP) is -0.110. The summed E-state index contributed by atoms with van der Waals surface area (Å²) in [5.41, 5.74) is 0. The standard InChI is InChI=1S/C13H25N3O5/c1-9(2)7-16(8-11(17)18)13(20)15-10(3)12(19)14-5-6-21-4/h9-10H,5-8H2,1-4H3,(H,14,19)(H,15,20)(H,17,18). The van der Waals surface area contributed by atoms with Crippen LogP contribution in [-0.4, -0.2) is 67.3 Å². The third-order valence-electron chi connectivity index (χ3n) is 2.54. The largest absolute Gasteiger partial charge is 0.480 e. The highest BCUT2D eigenvalue weighted by molar-refractivity contribution is 5.87. The first kappa shape index (κ1) is 19.2. The number of nitrogens with one attached hydrogen (secondary N) is 2. The molecule has 0 rings (SSSR count). The molecule has 1 atom stereocenters. The summed E-state index contributed by atoms with van der Waals surface area (Å²) in [6, 6.07) is -1.32. The number of nitrogens with zero attached hydrogens (tertiary/aromatic N) is 1. The van der Waals surface area contributed by atoms with Gasteiger partial charge in [0.25, 0.3) is 0 Å². The van der Waals surface area contributed by atoms with Crippen LogP contribution in [0.15, 0.2) is 0 Å². The first-order valence-electron chi connectivity index (χ1n) is 6.81. The Labute approximate surface area is 124 Å². The zero-order valence-corrected chi connectivity index (χ0v) is 13.0. The van der Waals surface area contributed by atoms with Gasteiger partial charge in [-0.1, -0.05) is 13.8 Å². The van der Waals surface area contributed by atoms with Gasteiger partial charge in [0, 0.05) is 20.2 Å². The van der Waals surface area contributed by atoms with Crippen molar-refractivity contribution in [3.63, 3.8) is 0 Å². The Morgan fingerprint density at radius 1 is 1.24 bits per heavy atom. The monoisotopic (exact) mass is 303 g/mol. The van der Waals surface area contributed by atoms with Gasteiger partial charge in [0.2, 0.25) is 5.91 Å². The Hall–Kier alpha value is -1.83. The molecule has 0 saturated carbocycles.